The van der Waals surface area contributed by atoms with Crippen molar-refractivity contribution >= 4 is 45.2 Å². The zero-order chi connectivity index (χ0) is 25.5. The molecule has 0 spiro atoms. The van der Waals surface area contributed by atoms with Crippen LogP contribution in [0.5, 0.6) is 11.5 Å². The van der Waals surface area contributed by atoms with Crippen LogP contribution in [0.2, 0.25) is 0 Å². The van der Waals surface area contributed by atoms with Gasteiger partial charge in [0.2, 0.25) is 5.75 Å². The number of hydrogen-bond acceptors (Lipinski definition) is 5. The lowest BCUT2D eigenvalue weighted by Crippen LogP contribution is -2.27. The summed E-state index contributed by atoms with van der Waals surface area (Å²) in [5.74, 6) is -2.35. The van der Waals surface area contributed by atoms with E-state index in [-0.39, 0.29) is 0 Å². The molecule has 0 heterocycles. The number of halogens is 6. The van der Waals surface area contributed by atoms with Gasteiger partial charge in [-0.15, -0.1) is 0 Å². The highest BCUT2D eigenvalue weighted by atomic mass is 79.9. The molecule has 2 rings (SSSR count). The number of nitro groups is 1. The molecule has 2 aromatic rings. The molecule has 0 radical (unpaired) electrons. The molecule has 2 N–H and O–H groups in total. The van der Waals surface area contributed by atoms with Crippen LogP contribution in [0.4, 0.5) is 23.2 Å². The van der Waals surface area contributed by atoms with E-state index in [1.54, 1.807) is 6.92 Å². The Hall–Kier alpha value is -1.57. The monoisotopic (exact) mass is 635 g/mol. The molecule has 8 nitrogen and oxygen atoms in total. The Morgan fingerprint density at radius 3 is 2.26 bits per heavy atom. The van der Waals surface area contributed by atoms with Gasteiger partial charge in [-0.1, -0.05) is 31.9 Å². The van der Waals surface area contributed by atoms with Crippen molar-refractivity contribution in [2.45, 2.75) is 19.2 Å². The van der Waals surface area contributed by atoms with Crippen LogP contribution < -0.4 is 14.9 Å². The zero-order valence-electron chi connectivity index (χ0n) is 17.6. The number of nitrogens with zero attached hydrogens (tertiary/aromatic N) is 1. The molecule has 15 heteroatoms. The largest absolute Gasteiger partial charge is 0.450 e. The van der Waals surface area contributed by atoms with Crippen molar-refractivity contribution in [1.29, 1.82) is 0 Å². The predicted octanol–water partition coefficient (Wildman–Crippen LogP) is 6.70. The molecular formula is C19H20Br2F4N3O5P. The standard InChI is InChI=1S/C19H20Br2F4N3O5P/c1-12(33-34(31,26-8-6-20)27-9-7-21)13-2-5-17(28(29)30)18(10-13)32-14-3-4-16(22)15(11-14)19(23,24)25/h2-5,10-12H,6-9H2,1H3,(H2,26,27,31). The fourth-order valence-corrected chi connectivity index (χ4v) is 5.37. The van der Waals surface area contributed by atoms with Gasteiger partial charge in [0, 0.05) is 29.8 Å². The molecule has 34 heavy (non-hydrogen) atoms. The number of nitrogens with one attached hydrogen (secondary N) is 2. The third-order valence-electron chi connectivity index (χ3n) is 4.26. The summed E-state index contributed by atoms with van der Waals surface area (Å²) < 4.78 is 76.7. The lowest BCUT2D eigenvalue weighted by molar-refractivity contribution is -0.385. The Morgan fingerprint density at radius 2 is 1.74 bits per heavy atom. The molecule has 0 bridgehead atoms. The van der Waals surface area contributed by atoms with Crippen LogP contribution in [0.15, 0.2) is 36.4 Å². The molecule has 0 saturated carbocycles. The maximum absolute atomic E-state index is 13.6. The highest BCUT2D eigenvalue weighted by molar-refractivity contribution is 9.09. The number of ether oxygens (including phenoxy) is 1. The summed E-state index contributed by atoms with van der Waals surface area (Å²) in [6, 6.07) is 5.51. The van der Waals surface area contributed by atoms with E-state index in [0.29, 0.717) is 41.4 Å². The van der Waals surface area contributed by atoms with Gasteiger partial charge in [-0.25, -0.2) is 14.6 Å². The first-order valence-corrected chi connectivity index (χ1v) is 13.5. The lowest BCUT2D eigenvalue weighted by atomic mass is 10.1. The second-order valence-electron chi connectivity index (χ2n) is 6.72. The van der Waals surface area contributed by atoms with Crippen molar-refractivity contribution in [3.63, 3.8) is 0 Å². The molecule has 0 saturated heterocycles. The molecule has 0 amide bonds. The van der Waals surface area contributed by atoms with Gasteiger partial charge >= 0.3 is 19.5 Å². The molecule has 0 fully saturated rings. The number of hydrogen-bond donors (Lipinski definition) is 2. The topological polar surface area (TPSA) is 103 Å². The number of nitro benzene ring substituents is 1. The predicted molar refractivity (Wildman–Crippen MR) is 125 cm³/mol. The van der Waals surface area contributed by atoms with E-state index in [4.69, 9.17) is 9.26 Å². The van der Waals surface area contributed by atoms with Crippen LogP contribution in [-0.2, 0) is 15.3 Å². The third kappa shape index (κ3) is 7.99. The van der Waals surface area contributed by atoms with Crippen LogP contribution in [0, 0.1) is 15.9 Å². The van der Waals surface area contributed by atoms with Crippen LogP contribution >= 0.6 is 39.5 Å². The first-order chi connectivity index (χ1) is 15.9. The van der Waals surface area contributed by atoms with Crippen molar-refractivity contribution in [1.82, 2.24) is 10.2 Å². The average molecular weight is 637 g/mol. The van der Waals surface area contributed by atoms with Gasteiger partial charge in [-0.05, 0) is 42.8 Å². The van der Waals surface area contributed by atoms with Crippen molar-refractivity contribution in [2.24, 2.45) is 0 Å². The zero-order valence-corrected chi connectivity index (χ0v) is 21.6. The van der Waals surface area contributed by atoms with Crippen LogP contribution in [-0.4, -0.2) is 28.7 Å². The molecule has 0 aliphatic carbocycles. The van der Waals surface area contributed by atoms with E-state index < -0.39 is 53.4 Å². The summed E-state index contributed by atoms with van der Waals surface area (Å²) in [5, 5.41) is 17.9. The van der Waals surface area contributed by atoms with E-state index in [9.17, 15) is 32.2 Å². The van der Waals surface area contributed by atoms with Crippen molar-refractivity contribution < 1.29 is 36.3 Å². The minimum absolute atomic E-state index is 0.306. The summed E-state index contributed by atoms with van der Waals surface area (Å²) in [7, 11) is -3.52. The highest BCUT2D eigenvalue weighted by Gasteiger charge is 2.35. The van der Waals surface area contributed by atoms with Crippen LogP contribution in [0.25, 0.3) is 0 Å². The molecule has 0 aromatic heterocycles. The molecular weight excluding hydrogens is 617 g/mol. The Balaban J connectivity index is 2.37. The number of alkyl halides is 5. The first kappa shape index (κ1) is 28.7. The van der Waals surface area contributed by atoms with E-state index in [0.717, 1.165) is 12.1 Å². The molecule has 1 atom stereocenters. The Bertz CT molecular complexity index is 1050. The van der Waals surface area contributed by atoms with E-state index in [2.05, 4.69) is 42.0 Å². The van der Waals surface area contributed by atoms with Crippen molar-refractivity contribution in [3.8, 4) is 11.5 Å². The fraction of sp³-hybridized carbons (Fsp3) is 0.368. The molecule has 1 unspecified atom stereocenters. The number of rotatable bonds is 12. The van der Waals surface area contributed by atoms with Crippen LogP contribution in [0.1, 0.15) is 24.2 Å². The van der Waals surface area contributed by atoms with Crippen molar-refractivity contribution in [2.75, 3.05) is 23.7 Å². The molecule has 0 aliphatic rings. The molecule has 188 valence electrons. The molecule has 2 aromatic carbocycles. The van der Waals surface area contributed by atoms with Gasteiger partial charge < -0.3 is 4.74 Å². The Morgan fingerprint density at radius 1 is 1.12 bits per heavy atom. The minimum Gasteiger partial charge on any atom is -0.450 e. The second kappa shape index (κ2) is 12.4. The summed E-state index contributed by atoms with van der Waals surface area (Å²) in [6.07, 6.45) is -5.84. The van der Waals surface area contributed by atoms with Gasteiger partial charge in [0.05, 0.1) is 16.6 Å². The summed E-state index contributed by atoms with van der Waals surface area (Å²) in [5.41, 5.74) is -1.80. The Kier molecular flexibility index (Phi) is 10.5. The maximum atomic E-state index is 13.6. The summed E-state index contributed by atoms with van der Waals surface area (Å²) >= 11 is 6.43. The number of benzene rings is 2. The van der Waals surface area contributed by atoms with E-state index >= 15 is 0 Å². The highest BCUT2D eigenvalue weighted by Crippen LogP contribution is 2.44. The first-order valence-electron chi connectivity index (χ1n) is 9.63. The lowest BCUT2D eigenvalue weighted by Gasteiger charge is -2.24. The SMILES string of the molecule is CC(OP(=O)(NCCBr)NCCBr)c1ccc([N+](=O)[O-])c(Oc2ccc(F)c(C(F)(F)F)c2)c1. The minimum atomic E-state index is -4.98. The smallest absolute Gasteiger partial charge is 0.419 e. The average Bonchev–Trinajstić information content (AvgIpc) is 2.76. The summed E-state index contributed by atoms with van der Waals surface area (Å²) in [4.78, 5) is 10.6. The maximum Gasteiger partial charge on any atom is 0.419 e. The molecule has 0 aliphatic heterocycles. The van der Waals surface area contributed by atoms with Gasteiger partial charge in [0.1, 0.15) is 11.6 Å². The van der Waals surface area contributed by atoms with Gasteiger partial charge in [0.15, 0.2) is 0 Å². The van der Waals surface area contributed by atoms with Gasteiger partial charge in [0.25, 0.3) is 0 Å². The summed E-state index contributed by atoms with van der Waals surface area (Å²) in [6.45, 7) is 2.18. The van der Waals surface area contributed by atoms with Gasteiger partial charge in [-0.2, -0.15) is 13.2 Å². The normalized spacial score (nSPS) is 13.0. The van der Waals surface area contributed by atoms with E-state index in [1.165, 1.54) is 12.1 Å². The van der Waals surface area contributed by atoms with Crippen LogP contribution in [0.3, 0.4) is 0 Å². The van der Waals surface area contributed by atoms with Gasteiger partial charge in [-0.3, -0.25) is 19.2 Å². The third-order valence-corrected chi connectivity index (χ3v) is 6.94. The van der Waals surface area contributed by atoms with Crippen molar-refractivity contribution in [3.05, 3.63) is 63.5 Å². The second-order valence-corrected chi connectivity index (χ2v) is 10.3. The Labute approximate surface area is 209 Å². The quantitative estimate of drug-likeness (QED) is 0.0879. The van der Waals surface area contributed by atoms with E-state index in [1.807, 2.05) is 0 Å². The fourth-order valence-electron chi connectivity index (χ4n) is 2.72.